The van der Waals surface area contributed by atoms with Crippen molar-refractivity contribution in [1.82, 2.24) is 9.66 Å². The number of pyridine rings is 1. The Morgan fingerprint density at radius 2 is 2.29 bits per heavy atom. The summed E-state index contributed by atoms with van der Waals surface area (Å²) in [6, 6.07) is 3.38. The van der Waals surface area contributed by atoms with E-state index in [-0.39, 0.29) is 6.42 Å². The SMILES string of the molecule is [NH-]n1cc(CC(F)F)c2cccnc21. The van der Waals surface area contributed by atoms with Crippen LogP contribution in [0.25, 0.3) is 16.9 Å². The summed E-state index contributed by atoms with van der Waals surface area (Å²) in [4.78, 5) is 3.94. The normalized spacial score (nSPS) is 11.4. The lowest BCUT2D eigenvalue weighted by atomic mass is 10.2. The zero-order valence-electron chi connectivity index (χ0n) is 7.24. The maximum atomic E-state index is 12.2. The van der Waals surface area contributed by atoms with Crippen molar-refractivity contribution in [3.8, 4) is 0 Å². The van der Waals surface area contributed by atoms with Crippen LogP contribution < -0.4 is 0 Å². The van der Waals surface area contributed by atoms with E-state index in [0.717, 1.165) is 4.68 Å². The molecular formula is C9H8F2N3-. The van der Waals surface area contributed by atoms with Gasteiger partial charge in [-0.15, -0.1) is 0 Å². The van der Waals surface area contributed by atoms with Gasteiger partial charge in [0.25, 0.3) is 0 Å². The fourth-order valence-electron chi connectivity index (χ4n) is 1.46. The van der Waals surface area contributed by atoms with Crippen LogP contribution in [-0.4, -0.2) is 16.1 Å². The van der Waals surface area contributed by atoms with E-state index in [4.69, 9.17) is 5.84 Å². The van der Waals surface area contributed by atoms with Crippen molar-refractivity contribution in [3.63, 3.8) is 0 Å². The second kappa shape index (κ2) is 3.25. The van der Waals surface area contributed by atoms with Crippen molar-refractivity contribution in [2.24, 2.45) is 0 Å². The fraction of sp³-hybridized carbons (Fsp3) is 0.222. The molecule has 14 heavy (non-hydrogen) atoms. The van der Waals surface area contributed by atoms with Gasteiger partial charge in [0, 0.05) is 18.0 Å². The molecule has 0 aliphatic carbocycles. The first-order valence-electron chi connectivity index (χ1n) is 4.13. The maximum absolute atomic E-state index is 12.2. The molecule has 5 heteroatoms. The van der Waals surface area contributed by atoms with E-state index in [1.807, 2.05) is 0 Å². The van der Waals surface area contributed by atoms with Crippen LogP contribution in [0, 0.1) is 0 Å². The Morgan fingerprint density at radius 1 is 1.50 bits per heavy atom. The Labute approximate surface area is 79.1 Å². The topological polar surface area (TPSA) is 41.6 Å². The van der Waals surface area contributed by atoms with Gasteiger partial charge in [-0.25, -0.2) is 13.8 Å². The van der Waals surface area contributed by atoms with Crippen molar-refractivity contribution < 1.29 is 8.78 Å². The molecule has 0 aliphatic heterocycles. The zero-order chi connectivity index (χ0) is 10.1. The third-order valence-electron chi connectivity index (χ3n) is 2.02. The molecule has 0 radical (unpaired) electrons. The number of fused-ring (bicyclic) bond motifs is 1. The Bertz CT molecular complexity index is 450. The molecule has 3 nitrogen and oxygen atoms in total. The lowest BCUT2D eigenvalue weighted by molar-refractivity contribution is 0.149. The summed E-state index contributed by atoms with van der Waals surface area (Å²) in [6.45, 7) is 0. The van der Waals surface area contributed by atoms with Gasteiger partial charge in [0.05, 0.1) is 0 Å². The number of nitrogens with one attached hydrogen (secondary N) is 1. The second-order valence-electron chi connectivity index (χ2n) is 2.99. The Balaban J connectivity index is 2.55. The summed E-state index contributed by atoms with van der Waals surface area (Å²) < 4.78 is 25.4. The number of alkyl halides is 2. The number of halogens is 2. The molecule has 1 N–H and O–H groups in total. The van der Waals surface area contributed by atoms with Crippen LogP contribution in [0.1, 0.15) is 5.56 Å². The van der Waals surface area contributed by atoms with Crippen LogP contribution in [0.4, 0.5) is 8.78 Å². The highest BCUT2D eigenvalue weighted by Gasteiger charge is 2.10. The lowest BCUT2D eigenvalue weighted by Gasteiger charge is -2.02. The maximum Gasteiger partial charge on any atom is 0.242 e. The molecule has 0 amide bonds. The van der Waals surface area contributed by atoms with Crippen molar-refractivity contribution in [2.45, 2.75) is 12.8 Å². The molecule has 0 bridgehead atoms. The van der Waals surface area contributed by atoms with Crippen LogP contribution >= 0.6 is 0 Å². The average Bonchev–Trinajstić information content (AvgIpc) is 2.44. The number of hydrogen-bond donors (Lipinski definition) is 0. The minimum absolute atomic E-state index is 0.325. The Hall–Kier alpha value is -1.65. The van der Waals surface area contributed by atoms with Gasteiger partial charge in [-0.1, -0.05) is 0 Å². The van der Waals surface area contributed by atoms with E-state index in [9.17, 15) is 8.78 Å². The van der Waals surface area contributed by atoms with Crippen LogP contribution in [0.3, 0.4) is 0 Å². The van der Waals surface area contributed by atoms with E-state index in [0.29, 0.717) is 16.6 Å². The molecule has 2 aromatic rings. The van der Waals surface area contributed by atoms with Crippen LogP contribution in [0.2, 0.25) is 0 Å². The van der Waals surface area contributed by atoms with E-state index in [1.54, 1.807) is 18.3 Å². The van der Waals surface area contributed by atoms with Gasteiger partial charge < -0.3 is 10.5 Å². The average molecular weight is 196 g/mol. The largest absolute Gasteiger partial charge is 0.630 e. The number of aromatic nitrogens is 2. The molecule has 0 aliphatic rings. The summed E-state index contributed by atoms with van der Waals surface area (Å²) in [7, 11) is 0. The monoisotopic (exact) mass is 196 g/mol. The van der Waals surface area contributed by atoms with Gasteiger partial charge in [0.1, 0.15) is 5.65 Å². The van der Waals surface area contributed by atoms with Gasteiger partial charge >= 0.3 is 0 Å². The summed E-state index contributed by atoms with van der Waals surface area (Å²) >= 11 is 0. The summed E-state index contributed by atoms with van der Waals surface area (Å²) in [6.07, 6.45) is 0.207. The number of hydrogen-bond acceptors (Lipinski definition) is 1. The van der Waals surface area contributed by atoms with Gasteiger partial charge in [0.15, 0.2) is 0 Å². The van der Waals surface area contributed by atoms with E-state index >= 15 is 0 Å². The van der Waals surface area contributed by atoms with E-state index < -0.39 is 6.43 Å². The van der Waals surface area contributed by atoms with Crippen LogP contribution in [-0.2, 0) is 6.42 Å². The summed E-state index contributed by atoms with van der Waals surface area (Å²) in [5, 5.41) is 0.628. The third kappa shape index (κ3) is 1.41. The van der Waals surface area contributed by atoms with Crippen molar-refractivity contribution >= 4 is 11.0 Å². The minimum Gasteiger partial charge on any atom is -0.630 e. The molecule has 2 aromatic heterocycles. The van der Waals surface area contributed by atoms with Crippen LogP contribution in [0.5, 0.6) is 0 Å². The predicted octanol–water partition coefficient (Wildman–Crippen LogP) is 2.66. The van der Waals surface area contributed by atoms with Crippen molar-refractivity contribution in [3.05, 3.63) is 35.9 Å². The first-order valence-corrected chi connectivity index (χ1v) is 4.13. The molecule has 0 saturated carbocycles. The molecular weight excluding hydrogens is 188 g/mol. The molecule has 2 heterocycles. The van der Waals surface area contributed by atoms with Gasteiger partial charge in [-0.05, 0) is 23.9 Å². The Kier molecular flexibility index (Phi) is 2.07. The highest BCUT2D eigenvalue weighted by atomic mass is 19.3. The summed E-state index contributed by atoms with van der Waals surface area (Å²) in [5.74, 6) is 7.44. The number of nitrogens with zero attached hydrogens (tertiary/aromatic N) is 2. The van der Waals surface area contributed by atoms with Crippen molar-refractivity contribution in [1.29, 1.82) is 0 Å². The predicted molar refractivity (Wildman–Crippen MR) is 49.2 cm³/mol. The van der Waals surface area contributed by atoms with E-state index in [1.165, 1.54) is 6.20 Å². The number of rotatable bonds is 2. The van der Waals surface area contributed by atoms with Crippen LogP contribution in [0.15, 0.2) is 24.5 Å². The van der Waals surface area contributed by atoms with Crippen molar-refractivity contribution in [2.75, 3.05) is 0 Å². The molecule has 74 valence electrons. The van der Waals surface area contributed by atoms with Gasteiger partial charge in [-0.3, -0.25) is 0 Å². The molecule has 0 saturated heterocycles. The lowest BCUT2D eigenvalue weighted by Crippen LogP contribution is -1.95. The molecule has 0 atom stereocenters. The Morgan fingerprint density at radius 3 is 3.00 bits per heavy atom. The first kappa shape index (κ1) is 8.93. The highest BCUT2D eigenvalue weighted by molar-refractivity contribution is 5.80. The molecule has 2 rings (SSSR count). The first-order chi connectivity index (χ1) is 6.68. The summed E-state index contributed by atoms with van der Waals surface area (Å²) in [5.41, 5.74) is 0.890. The molecule has 0 fully saturated rings. The van der Waals surface area contributed by atoms with Gasteiger partial charge in [0.2, 0.25) is 6.43 Å². The molecule has 0 spiro atoms. The third-order valence-corrected chi connectivity index (χ3v) is 2.02. The zero-order valence-corrected chi connectivity index (χ0v) is 7.24. The fourth-order valence-corrected chi connectivity index (χ4v) is 1.46. The standard InChI is InChI=1S/C9H8F2N3/c10-8(11)4-6-5-14(12)9-7(6)2-1-3-13-9/h1-3,5,8,12H,4H2/q-1. The molecule has 0 unspecified atom stereocenters. The highest BCUT2D eigenvalue weighted by Crippen LogP contribution is 2.21. The van der Waals surface area contributed by atoms with Gasteiger partial charge in [-0.2, -0.15) is 0 Å². The van der Waals surface area contributed by atoms with E-state index in [2.05, 4.69) is 4.98 Å². The minimum atomic E-state index is -2.39. The quantitative estimate of drug-likeness (QED) is 0.727. The second-order valence-corrected chi connectivity index (χ2v) is 2.99. The molecule has 0 aromatic carbocycles. The smallest absolute Gasteiger partial charge is 0.242 e.